The van der Waals surface area contributed by atoms with Crippen LogP contribution in [0.25, 0.3) is 0 Å². The van der Waals surface area contributed by atoms with Crippen LogP contribution in [0.3, 0.4) is 0 Å². The van der Waals surface area contributed by atoms with Crippen LogP contribution >= 0.6 is 0 Å². The fourth-order valence-electron chi connectivity index (χ4n) is 11.0. The molecule has 3 rings (SSSR count). The summed E-state index contributed by atoms with van der Waals surface area (Å²) in [5, 5.41) is 0. The first-order valence-corrected chi connectivity index (χ1v) is 39.4. The van der Waals surface area contributed by atoms with E-state index in [1.807, 2.05) is 0 Å². The molecule has 0 unspecified atom stereocenters. The SMILES string of the molecule is CCCCCCCCCCCCCCCC[n+]1ccccc1.CCCCCCCCCCCCCCCC[n+]1ccccc1.CCCCCCCCCCCCCCCC[n+]1ccccc1.CCCCCCCCCCC[CH2][Na].O=S(=O)([O-])[O-].[Cl-]. The van der Waals surface area contributed by atoms with Crippen molar-refractivity contribution in [2.24, 2.45) is 0 Å². The van der Waals surface area contributed by atoms with Gasteiger partial charge in [0.15, 0.2) is 37.2 Å². The van der Waals surface area contributed by atoms with Crippen molar-refractivity contribution in [2.45, 2.75) is 385 Å². The summed E-state index contributed by atoms with van der Waals surface area (Å²) < 4.78 is 42.5. The van der Waals surface area contributed by atoms with Gasteiger partial charge < -0.3 is 21.5 Å². The molecule has 0 aliphatic heterocycles. The summed E-state index contributed by atoms with van der Waals surface area (Å²) in [5.41, 5.74) is 0. The minimum Gasteiger partial charge on any atom is -1.00 e. The molecule has 3 aromatic rings. The second-order valence-electron chi connectivity index (χ2n) is 24.7. The van der Waals surface area contributed by atoms with E-state index < -0.39 is 10.4 Å². The molecule has 3 heterocycles. The smallest absolute Gasteiger partial charge is 0.0311 e. The van der Waals surface area contributed by atoms with Crippen molar-refractivity contribution < 1.29 is 43.6 Å². The summed E-state index contributed by atoms with van der Waals surface area (Å²) in [7, 11) is -5.17. The summed E-state index contributed by atoms with van der Waals surface area (Å²) in [6.45, 7) is 12.7. The summed E-state index contributed by atoms with van der Waals surface area (Å²) in [6.07, 6.45) is 88.0. The van der Waals surface area contributed by atoms with Crippen molar-refractivity contribution >= 4 is 38.3 Å². The predicted octanol–water partition coefficient (Wildman–Crippen LogP) is 19.5. The van der Waals surface area contributed by atoms with Crippen molar-refractivity contribution in [1.29, 1.82) is 0 Å². The third kappa shape index (κ3) is 82.6. The van der Waals surface area contributed by atoms with E-state index in [0.717, 1.165) is 0 Å². The molecule has 0 saturated carbocycles. The average Bonchev–Trinajstić information content (AvgIpc) is 3.50. The second kappa shape index (κ2) is 76.9. The molecule has 85 heavy (non-hydrogen) atoms. The standard InChI is InChI=1S/3C21H38N.C12H25.ClH.Na.H2O4S/c3*1-2-3-4-5-6-7-8-9-10-11-12-13-14-16-19-22-20-17-15-18-21-22;1-3-5-7-9-11-12-10-8-6-4-2;;;1-5(2,3)4/h3*15,17-18,20-21H,2-14,16,19H2,1H3;1,3-12H2,2H3;1H;;(H2,1,2,3,4)/q3*+1;;;;/p-3. The first-order valence-electron chi connectivity index (χ1n) is 36.7. The fraction of sp³-hybridized carbons (Fsp3) is 0.800. The van der Waals surface area contributed by atoms with Gasteiger partial charge in [0, 0.05) is 66.1 Å². The number of hydrogen-bond acceptors (Lipinski definition) is 4. The molecule has 10 heteroatoms. The molecule has 0 atom stereocenters. The first-order chi connectivity index (χ1) is 41.2. The predicted molar refractivity (Wildman–Crippen MR) is 364 cm³/mol. The Morgan fingerprint density at radius 2 is 0.376 bits per heavy atom. The average molecular weight is 1240 g/mol. The van der Waals surface area contributed by atoms with Crippen molar-refractivity contribution in [3.8, 4) is 0 Å². The summed E-state index contributed by atoms with van der Waals surface area (Å²) in [5.74, 6) is 0. The molecule has 0 fully saturated rings. The van der Waals surface area contributed by atoms with Crippen molar-refractivity contribution in [1.82, 2.24) is 0 Å². The van der Waals surface area contributed by atoms with E-state index in [-0.39, 0.29) is 12.4 Å². The molecule has 0 aliphatic rings. The topological polar surface area (TPSA) is 91.9 Å². The van der Waals surface area contributed by atoms with Crippen LogP contribution in [-0.2, 0) is 30.0 Å². The number of aromatic nitrogens is 3. The third-order valence-corrected chi connectivity index (χ3v) is 17.1. The van der Waals surface area contributed by atoms with E-state index in [1.165, 1.54) is 385 Å². The zero-order chi connectivity index (χ0) is 61.4. The van der Waals surface area contributed by atoms with Crippen LogP contribution in [0.4, 0.5) is 0 Å². The van der Waals surface area contributed by atoms with E-state index in [2.05, 4.69) is 133 Å². The van der Waals surface area contributed by atoms with Crippen LogP contribution in [0.15, 0.2) is 91.8 Å². The van der Waals surface area contributed by atoms with Gasteiger partial charge in [-0.25, -0.2) is 13.7 Å². The molecule has 0 radical (unpaired) electrons. The Labute approximate surface area is 554 Å². The summed E-state index contributed by atoms with van der Waals surface area (Å²) in [4.78, 5) is 0. The first kappa shape index (κ1) is 87.8. The Bertz CT molecular complexity index is 1550. The van der Waals surface area contributed by atoms with E-state index >= 15 is 0 Å². The number of aryl methyl sites for hydroxylation is 3. The molecule has 0 amide bonds. The maximum atomic E-state index is 8.52. The van der Waals surface area contributed by atoms with E-state index in [4.69, 9.17) is 17.5 Å². The monoisotopic (exact) mass is 1240 g/mol. The molecule has 0 N–H and O–H groups in total. The molecule has 0 aliphatic carbocycles. The van der Waals surface area contributed by atoms with Crippen LogP contribution in [-0.4, -0.2) is 45.5 Å². The summed E-state index contributed by atoms with van der Waals surface area (Å²) in [6, 6.07) is 18.9. The van der Waals surface area contributed by atoms with Gasteiger partial charge in [-0.05, 0) is 19.3 Å². The van der Waals surface area contributed by atoms with Crippen LogP contribution in [0.5, 0.6) is 0 Å². The molecule has 0 bridgehead atoms. The van der Waals surface area contributed by atoms with Crippen molar-refractivity contribution in [3.05, 3.63) is 91.8 Å². The minimum absolute atomic E-state index is 0. The van der Waals surface area contributed by atoms with Gasteiger partial charge in [0.05, 0.1) is 0 Å². The molecule has 0 aromatic carbocycles. The normalized spacial score (nSPS) is 10.8. The largest absolute Gasteiger partial charge is 1.00 e. The number of halogens is 1. The minimum atomic E-state index is -5.17. The van der Waals surface area contributed by atoms with Crippen LogP contribution in [0.1, 0.15) is 362 Å². The Kier molecular flexibility index (Phi) is 79.4. The third-order valence-electron chi connectivity index (χ3n) is 16.3. The van der Waals surface area contributed by atoms with Crippen molar-refractivity contribution in [3.63, 3.8) is 0 Å². The Balaban J connectivity index is -0.00000104. The van der Waals surface area contributed by atoms with Gasteiger partial charge >= 0.3 is 103 Å². The maximum Gasteiger partial charge on any atom is 0.0311 e. The van der Waals surface area contributed by atoms with Gasteiger partial charge in [-0.2, -0.15) is 0 Å². The van der Waals surface area contributed by atoms with Crippen molar-refractivity contribution in [2.75, 3.05) is 0 Å². The van der Waals surface area contributed by atoms with Gasteiger partial charge in [-0.3, -0.25) is 8.42 Å². The molecule has 0 saturated heterocycles. The number of rotatable bonds is 55. The zero-order valence-electron chi connectivity index (χ0n) is 57.0. The molecule has 7 nitrogen and oxygen atoms in total. The number of pyridine rings is 3. The molecular weight excluding hydrogens is 1100 g/mol. The molecular formula is C75H139ClN3NaO4S. The van der Waals surface area contributed by atoms with Gasteiger partial charge in [0.1, 0.15) is 19.6 Å². The van der Waals surface area contributed by atoms with Crippen LogP contribution in [0, 0.1) is 0 Å². The molecule has 0 spiro atoms. The Hall–Kier alpha value is -1.39. The van der Waals surface area contributed by atoms with Gasteiger partial charge in [0.2, 0.25) is 0 Å². The molecule has 492 valence electrons. The fourth-order valence-corrected chi connectivity index (χ4v) is 11.5. The van der Waals surface area contributed by atoms with E-state index in [0.29, 0.717) is 0 Å². The quantitative estimate of drug-likeness (QED) is 0.0185. The summed E-state index contributed by atoms with van der Waals surface area (Å²) >= 11 is 1.41. The van der Waals surface area contributed by atoms with Crippen LogP contribution in [0.2, 0.25) is 3.67 Å². The van der Waals surface area contributed by atoms with Gasteiger partial charge in [-0.1, -0.05) is 270 Å². The van der Waals surface area contributed by atoms with Crippen LogP contribution < -0.4 is 26.1 Å². The maximum absolute atomic E-state index is 8.52. The number of hydrogen-bond donors (Lipinski definition) is 0. The van der Waals surface area contributed by atoms with Gasteiger partial charge in [-0.15, -0.1) is 0 Å². The van der Waals surface area contributed by atoms with E-state index in [1.54, 1.807) is 0 Å². The number of unbranched alkanes of at least 4 members (excludes halogenated alkanes) is 48. The zero-order valence-corrected chi connectivity index (χ0v) is 60.6. The Morgan fingerprint density at radius 1 is 0.247 bits per heavy atom. The van der Waals surface area contributed by atoms with E-state index in [9.17, 15) is 0 Å². The molecule has 3 aromatic heterocycles. The second-order valence-corrected chi connectivity index (χ2v) is 26.5. The Morgan fingerprint density at radius 3 is 0.518 bits per heavy atom. The number of nitrogens with zero attached hydrogens (tertiary/aromatic N) is 3. The van der Waals surface area contributed by atoms with Gasteiger partial charge in [0.25, 0.3) is 0 Å².